The molecule has 0 fully saturated rings. The first kappa shape index (κ1) is 14.2. The maximum atomic E-state index is 11.4. The Kier molecular flexibility index (Phi) is 4.43. The van der Waals surface area contributed by atoms with Crippen molar-refractivity contribution in [2.75, 3.05) is 7.11 Å². The van der Waals surface area contributed by atoms with E-state index in [0.29, 0.717) is 10.6 Å². The van der Waals surface area contributed by atoms with Crippen LogP contribution in [-0.4, -0.2) is 18.2 Å². The maximum absolute atomic E-state index is 11.4. The fourth-order valence-corrected chi connectivity index (χ4v) is 1.89. The van der Waals surface area contributed by atoms with Gasteiger partial charge in [-0.2, -0.15) is 0 Å². The fourth-order valence-electron chi connectivity index (χ4n) is 1.76. The number of ether oxygens (including phenoxy) is 1. The largest absolute Gasteiger partial charge is 0.497 e. The normalized spacial score (nSPS) is 11.2. The zero-order valence-electron chi connectivity index (χ0n) is 10.8. The van der Waals surface area contributed by atoms with Crippen molar-refractivity contribution < 1.29 is 14.6 Å². The molecular weight excluding hydrogens is 276 g/mol. The molecule has 20 heavy (non-hydrogen) atoms. The standard InChI is InChI=1S/C16H13ClO3/c1-20-14-8-2-11(3-9-14)10-15(16(18)19)12-4-6-13(17)7-5-12/h2-10H,1H3,(H,18,19)/b15-10+. The summed E-state index contributed by atoms with van der Waals surface area (Å²) in [4.78, 5) is 11.4. The number of aliphatic carboxylic acids is 1. The summed E-state index contributed by atoms with van der Waals surface area (Å²) >= 11 is 5.81. The van der Waals surface area contributed by atoms with Crippen LogP contribution in [0.1, 0.15) is 11.1 Å². The average molecular weight is 289 g/mol. The molecule has 0 spiro atoms. The van der Waals surface area contributed by atoms with Crippen LogP contribution in [0.15, 0.2) is 48.5 Å². The van der Waals surface area contributed by atoms with Crippen molar-refractivity contribution in [1.82, 2.24) is 0 Å². The smallest absolute Gasteiger partial charge is 0.336 e. The number of hydrogen-bond donors (Lipinski definition) is 1. The van der Waals surface area contributed by atoms with Gasteiger partial charge in [-0.3, -0.25) is 0 Å². The van der Waals surface area contributed by atoms with Crippen LogP contribution in [0.2, 0.25) is 5.02 Å². The van der Waals surface area contributed by atoms with Gasteiger partial charge < -0.3 is 9.84 Å². The Bertz CT molecular complexity index is 628. The molecule has 0 heterocycles. The second-order valence-corrected chi connectivity index (χ2v) is 4.58. The molecule has 0 saturated heterocycles. The van der Waals surface area contributed by atoms with E-state index >= 15 is 0 Å². The van der Waals surface area contributed by atoms with Crippen molar-refractivity contribution in [2.24, 2.45) is 0 Å². The Morgan fingerprint density at radius 2 is 1.70 bits per heavy atom. The third-order valence-corrected chi connectivity index (χ3v) is 3.06. The van der Waals surface area contributed by atoms with Gasteiger partial charge in [-0.1, -0.05) is 35.9 Å². The Balaban J connectivity index is 2.39. The molecule has 102 valence electrons. The van der Waals surface area contributed by atoms with Gasteiger partial charge >= 0.3 is 5.97 Å². The van der Waals surface area contributed by atoms with Crippen LogP contribution < -0.4 is 4.74 Å². The van der Waals surface area contributed by atoms with Gasteiger partial charge in [0.25, 0.3) is 0 Å². The molecule has 2 aromatic rings. The Hall–Kier alpha value is -2.26. The average Bonchev–Trinajstić information content (AvgIpc) is 2.46. The quantitative estimate of drug-likeness (QED) is 0.684. The molecule has 0 bridgehead atoms. The molecule has 0 amide bonds. The molecule has 0 unspecified atom stereocenters. The second kappa shape index (κ2) is 6.26. The van der Waals surface area contributed by atoms with Crippen molar-refractivity contribution in [3.05, 3.63) is 64.7 Å². The third-order valence-electron chi connectivity index (χ3n) is 2.81. The molecule has 0 aromatic heterocycles. The molecule has 2 aromatic carbocycles. The highest BCUT2D eigenvalue weighted by atomic mass is 35.5. The highest BCUT2D eigenvalue weighted by molar-refractivity contribution is 6.30. The van der Waals surface area contributed by atoms with E-state index in [1.807, 2.05) is 0 Å². The number of carboxylic acids is 1. The van der Waals surface area contributed by atoms with Crippen LogP contribution in [0, 0.1) is 0 Å². The number of rotatable bonds is 4. The van der Waals surface area contributed by atoms with Gasteiger partial charge in [0, 0.05) is 5.02 Å². The van der Waals surface area contributed by atoms with Crippen LogP contribution in [0.5, 0.6) is 5.75 Å². The zero-order valence-corrected chi connectivity index (χ0v) is 11.6. The molecule has 0 saturated carbocycles. The summed E-state index contributed by atoms with van der Waals surface area (Å²) in [6.45, 7) is 0. The number of benzene rings is 2. The molecular formula is C16H13ClO3. The first-order valence-corrected chi connectivity index (χ1v) is 6.33. The molecule has 4 heteroatoms. The summed E-state index contributed by atoms with van der Waals surface area (Å²) in [6, 6.07) is 13.9. The highest BCUT2D eigenvalue weighted by Crippen LogP contribution is 2.22. The summed E-state index contributed by atoms with van der Waals surface area (Å²) in [5.41, 5.74) is 1.61. The molecule has 2 rings (SSSR count). The van der Waals surface area contributed by atoms with Gasteiger partial charge in [0.2, 0.25) is 0 Å². The van der Waals surface area contributed by atoms with Crippen molar-refractivity contribution >= 4 is 29.2 Å². The summed E-state index contributed by atoms with van der Waals surface area (Å²) in [6.07, 6.45) is 1.62. The van der Waals surface area contributed by atoms with E-state index in [0.717, 1.165) is 11.3 Å². The van der Waals surface area contributed by atoms with E-state index in [4.69, 9.17) is 16.3 Å². The zero-order chi connectivity index (χ0) is 14.5. The molecule has 0 aliphatic heterocycles. The van der Waals surface area contributed by atoms with Crippen molar-refractivity contribution in [1.29, 1.82) is 0 Å². The van der Waals surface area contributed by atoms with Crippen LogP contribution >= 0.6 is 11.6 Å². The van der Waals surface area contributed by atoms with Crippen LogP contribution in [0.3, 0.4) is 0 Å². The van der Waals surface area contributed by atoms with Gasteiger partial charge in [-0.25, -0.2) is 4.79 Å². The summed E-state index contributed by atoms with van der Waals surface area (Å²) in [7, 11) is 1.58. The van der Waals surface area contributed by atoms with Crippen LogP contribution in [0.25, 0.3) is 11.6 Å². The van der Waals surface area contributed by atoms with Crippen LogP contribution in [-0.2, 0) is 4.79 Å². The highest BCUT2D eigenvalue weighted by Gasteiger charge is 2.10. The number of carbonyl (C=O) groups is 1. The molecule has 0 aliphatic rings. The predicted octanol–water partition coefficient (Wildman–Crippen LogP) is 3.97. The van der Waals surface area contributed by atoms with E-state index in [-0.39, 0.29) is 5.57 Å². The predicted molar refractivity (Wildman–Crippen MR) is 80.0 cm³/mol. The van der Waals surface area contributed by atoms with E-state index < -0.39 is 5.97 Å². The maximum Gasteiger partial charge on any atom is 0.336 e. The monoisotopic (exact) mass is 288 g/mol. The lowest BCUT2D eigenvalue weighted by molar-refractivity contribution is -0.130. The van der Waals surface area contributed by atoms with Gasteiger partial charge in [0.15, 0.2) is 0 Å². The van der Waals surface area contributed by atoms with Crippen molar-refractivity contribution in [2.45, 2.75) is 0 Å². The Morgan fingerprint density at radius 1 is 1.10 bits per heavy atom. The number of hydrogen-bond acceptors (Lipinski definition) is 2. The minimum Gasteiger partial charge on any atom is -0.497 e. The lowest BCUT2D eigenvalue weighted by Crippen LogP contribution is -1.99. The number of halogens is 1. The summed E-state index contributed by atoms with van der Waals surface area (Å²) in [5.74, 6) is -0.256. The molecule has 1 N–H and O–H groups in total. The SMILES string of the molecule is COc1ccc(/C=C(/C(=O)O)c2ccc(Cl)cc2)cc1. The summed E-state index contributed by atoms with van der Waals surface area (Å²) in [5, 5.41) is 9.90. The van der Waals surface area contributed by atoms with Crippen molar-refractivity contribution in [3.63, 3.8) is 0 Å². The second-order valence-electron chi connectivity index (χ2n) is 4.14. The lowest BCUT2D eigenvalue weighted by atomic mass is 10.0. The van der Waals surface area contributed by atoms with E-state index in [1.165, 1.54) is 0 Å². The summed E-state index contributed by atoms with van der Waals surface area (Å²) < 4.78 is 5.07. The van der Waals surface area contributed by atoms with Gasteiger partial charge in [-0.05, 0) is 41.5 Å². The number of carboxylic acid groups (broad SMARTS) is 1. The van der Waals surface area contributed by atoms with E-state index in [1.54, 1.807) is 61.7 Å². The van der Waals surface area contributed by atoms with Gasteiger partial charge in [0.05, 0.1) is 12.7 Å². The Labute approximate surface area is 122 Å². The first-order valence-electron chi connectivity index (χ1n) is 5.95. The minimum atomic E-state index is -0.983. The van der Waals surface area contributed by atoms with E-state index in [9.17, 15) is 9.90 Å². The molecule has 0 atom stereocenters. The van der Waals surface area contributed by atoms with Gasteiger partial charge in [0.1, 0.15) is 5.75 Å². The van der Waals surface area contributed by atoms with Crippen molar-refractivity contribution in [3.8, 4) is 5.75 Å². The van der Waals surface area contributed by atoms with Gasteiger partial charge in [-0.15, -0.1) is 0 Å². The molecule has 0 aliphatic carbocycles. The Morgan fingerprint density at radius 3 is 2.20 bits per heavy atom. The lowest BCUT2D eigenvalue weighted by Gasteiger charge is -2.04. The molecule has 3 nitrogen and oxygen atoms in total. The molecule has 0 radical (unpaired) electrons. The van der Waals surface area contributed by atoms with E-state index in [2.05, 4.69) is 0 Å². The third kappa shape index (κ3) is 3.39. The minimum absolute atomic E-state index is 0.215. The fraction of sp³-hybridized carbons (Fsp3) is 0.0625. The number of methoxy groups -OCH3 is 1. The van der Waals surface area contributed by atoms with Crippen LogP contribution in [0.4, 0.5) is 0 Å². The first-order chi connectivity index (χ1) is 9.60. The topological polar surface area (TPSA) is 46.5 Å².